The third-order valence-electron chi connectivity index (χ3n) is 4.02. The summed E-state index contributed by atoms with van der Waals surface area (Å²) in [6.45, 7) is 2.39. The van der Waals surface area contributed by atoms with Crippen LogP contribution in [0.5, 0.6) is 0 Å². The molecule has 1 aromatic rings. The largest absolute Gasteiger partial charge is 0.477 e. The maximum atomic E-state index is 12.8. The molecule has 2 unspecified atom stereocenters. The van der Waals surface area contributed by atoms with Gasteiger partial charge in [0.05, 0.1) is 0 Å². The van der Waals surface area contributed by atoms with Crippen molar-refractivity contribution in [3.05, 3.63) is 17.6 Å². The van der Waals surface area contributed by atoms with E-state index in [1.807, 2.05) is 6.92 Å². The maximum Gasteiger partial charge on any atom is 0.352 e. The van der Waals surface area contributed by atoms with Gasteiger partial charge in [-0.05, 0) is 26.0 Å². The van der Waals surface area contributed by atoms with Gasteiger partial charge < -0.3 is 26.7 Å². The Balaban J connectivity index is 1.75. The third-order valence-corrected chi connectivity index (χ3v) is 5.89. The van der Waals surface area contributed by atoms with Gasteiger partial charge in [-0.25, -0.2) is 4.79 Å². The van der Waals surface area contributed by atoms with Crippen molar-refractivity contribution < 1.29 is 24.3 Å². The topological polar surface area (TPSA) is 186 Å². The summed E-state index contributed by atoms with van der Waals surface area (Å²) < 4.78 is 3.96. The number of aliphatic carboxylic acids is 1. The molecule has 2 aliphatic rings. The number of hydrogen-bond donors (Lipinski definition) is 4. The summed E-state index contributed by atoms with van der Waals surface area (Å²) in [5, 5.41) is 15.1. The molecule has 3 heterocycles. The van der Waals surface area contributed by atoms with Crippen LogP contribution in [-0.2, 0) is 19.2 Å². The first-order chi connectivity index (χ1) is 13.8. The van der Waals surface area contributed by atoms with E-state index in [0.29, 0.717) is 13.0 Å². The quantitative estimate of drug-likeness (QED) is 0.168. The Morgan fingerprint density at radius 1 is 1.48 bits per heavy atom. The Kier molecular flexibility index (Phi) is 6.34. The number of nitrogens with two attached hydrogens (primary N) is 2. The lowest BCUT2D eigenvalue weighted by Gasteiger charge is -2.49. The third kappa shape index (κ3) is 4.33. The summed E-state index contributed by atoms with van der Waals surface area (Å²) in [6, 6.07) is -0.914. The highest BCUT2D eigenvalue weighted by Gasteiger charge is 2.54. The predicted octanol–water partition coefficient (Wildman–Crippen LogP) is -1.05. The lowest BCUT2D eigenvalue weighted by Crippen LogP contribution is -2.71. The number of β-lactam (4-membered cyclic amide) rings is 1. The van der Waals surface area contributed by atoms with Gasteiger partial charge in [-0.2, -0.15) is 9.36 Å². The van der Waals surface area contributed by atoms with Crippen LogP contribution in [0.25, 0.3) is 0 Å². The minimum Gasteiger partial charge on any atom is -0.477 e. The SMILES string of the molecule is CC1C=C(C(=O)O)N2C(=O)C(NC(=O)/C(=N/OCCCN)c3nsc(N)n3)[C@H]2S1. The molecule has 2 amide bonds. The van der Waals surface area contributed by atoms with Crippen molar-refractivity contribution in [2.24, 2.45) is 10.9 Å². The van der Waals surface area contributed by atoms with Gasteiger partial charge >= 0.3 is 5.97 Å². The molecule has 6 N–H and O–H groups in total. The molecule has 0 radical (unpaired) electrons. The number of carboxylic acids is 1. The maximum absolute atomic E-state index is 12.8. The molecule has 3 atom stereocenters. The second kappa shape index (κ2) is 8.75. The minimum atomic E-state index is -1.20. The van der Waals surface area contributed by atoms with Crippen molar-refractivity contribution >= 4 is 51.9 Å². The molecule has 0 bridgehead atoms. The molecule has 14 heteroatoms. The number of anilines is 1. The highest BCUT2D eigenvalue weighted by atomic mass is 32.2. The van der Waals surface area contributed by atoms with Crippen LogP contribution in [0.4, 0.5) is 5.13 Å². The van der Waals surface area contributed by atoms with E-state index in [0.717, 1.165) is 16.4 Å². The van der Waals surface area contributed by atoms with E-state index in [9.17, 15) is 19.5 Å². The van der Waals surface area contributed by atoms with Gasteiger partial charge in [-0.15, -0.1) is 11.8 Å². The van der Waals surface area contributed by atoms with E-state index in [1.54, 1.807) is 0 Å². The lowest BCUT2D eigenvalue weighted by atomic mass is 10.0. The first kappa shape index (κ1) is 21.0. The van der Waals surface area contributed by atoms with Gasteiger partial charge in [0.1, 0.15) is 23.7 Å². The standard InChI is InChI=1S/C15H19N7O5S2/c1-6-5-7(14(25)26)22-12(24)9(13(22)28-6)18-11(23)8(20-27-4-2-3-16)10-19-15(17)29-21-10/h5-6,9,13H,2-4,16H2,1H3,(H,18,23)(H,25,26)(H2,17,19,21)/b20-8+/t6?,9?,13-/m1/s1. The smallest absolute Gasteiger partial charge is 0.352 e. The number of aromatic nitrogens is 2. The number of oxime groups is 1. The molecule has 1 saturated heterocycles. The van der Waals surface area contributed by atoms with Crippen LogP contribution in [0.15, 0.2) is 16.9 Å². The van der Waals surface area contributed by atoms with Gasteiger partial charge in [0.15, 0.2) is 5.13 Å². The fraction of sp³-hybridized carbons (Fsp3) is 0.467. The van der Waals surface area contributed by atoms with Crippen LogP contribution < -0.4 is 16.8 Å². The van der Waals surface area contributed by atoms with Crippen molar-refractivity contribution in [3.8, 4) is 0 Å². The summed E-state index contributed by atoms with van der Waals surface area (Å²) in [7, 11) is 0. The van der Waals surface area contributed by atoms with Crippen molar-refractivity contribution in [1.29, 1.82) is 0 Å². The Morgan fingerprint density at radius 2 is 2.24 bits per heavy atom. The molecule has 3 rings (SSSR count). The molecule has 29 heavy (non-hydrogen) atoms. The molecular formula is C15H19N7O5S2. The molecule has 12 nitrogen and oxygen atoms in total. The van der Waals surface area contributed by atoms with Crippen LogP contribution in [0.2, 0.25) is 0 Å². The predicted molar refractivity (Wildman–Crippen MR) is 106 cm³/mol. The van der Waals surface area contributed by atoms with E-state index < -0.39 is 29.2 Å². The summed E-state index contributed by atoms with van der Waals surface area (Å²) in [6.07, 6.45) is 2.03. The first-order valence-corrected chi connectivity index (χ1v) is 10.3. The average molecular weight is 441 g/mol. The van der Waals surface area contributed by atoms with Crippen molar-refractivity contribution in [2.45, 2.75) is 30.0 Å². The summed E-state index contributed by atoms with van der Waals surface area (Å²) in [5.74, 6) is -2.48. The van der Waals surface area contributed by atoms with E-state index in [1.165, 1.54) is 17.8 Å². The number of amides is 2. The number of fused-ring (bicyclic) bond motifs is 1. The minimum absolute atomic E-state index is 0.0304. The van der Waals surface area contributed by atoms with Crippen LogP contribution in [0.3, 0.4) is 0 Å². The fourth-order valence-electron chi connectivity index (χ4n) is 2.71. The zero-order valence-electron chi connectivity index (χ0n) is 15.3. The van der Waals surface area contributed by atoms with E-state index >= 15 is 0 Å². The zero-order chi connectivity index (χ0) is 21.1. The van der Waals surface area contributed by atoms with Gasteiger partial charge in [-0.1, -0.05) is 5.16 Å². The molecule has 0 saturated carbocycles. The molecule has 2 aliphatic heterocycles. The first-order valence-electron chi connectivity index (χ1n) is 8.57. The highest BCUT2D eigenvalue weighted by molar-refractivity contribution is 8.00. The molecule has 1 aromatic heterocycles. The highest BCUT2D eigenvalue weighted by Crippen LogP contribution is 2.40. The molecule has 0 spiro atoms. The second-order valence-electron chi connectivity index (χ2n) is 6.12. The molecule has 0 aromatic carbocycles. The molecule has 1 fully saturated rings. The second-order valence-corrected chi connectivity index (χ2v) is 8.40. The van der Waals surface area contributed by atoms with Crippen molar-refractivity contribution in [1.82, 2.24) is 19.6 Å². The van der Waals surface area contributed by atoms with Gasteiger partial charge in [0.2, 0.25) is 11.5 Å². The zero-order valence-corrected chi connectivity index (χ0v) is 16.9. The van der Waals surface area contributed by atoms with Gasteiger partial charge in [0, 0.05) is 16.8 Å². The Hall–Kier alpha value is -2.71. The number of hydrogen-bond acceptors (Lipinski definition) is 11. The Bertz CT molecular complexity index is 886. The number of nitrogen functional groups attached to an aromatic ring is 1. The molecule has 0 aliphatic carbocycles. The lowest BCUT2D eigenvalue weighted by molar-refractivity contribution is -0.150. The van der Waals surface area contributed by atoms with Crippen LogP contribution in [0.1, 0.15) is 19.2 Å². The number of carbonyl (C=O) groups is 3. The number of carboxylic acid groups (broad SMARTS) is 1. The van der Waals surface area contributed by atoms with E-state index in [4.69, 9.17) is 16.3 Å². The van der Waals surface area contributed by atoms with Crippen LogP contribution in [-0.4, -0.2) is 72.7 Å². The number of carbonyl (C=O) groups excluding carboxylic acids is 2. The Labute approximate surface area is 173 Å². The molecule has 156 valence electrons. The van der Waals surface area contributed by atoms with E-state index in [-0.39, 0.29) is 34.2 Å². The monoisotopic (exact) mass is 441 g/mol. The number of rotatable bonds is 8. The summed E-state index contributed by atoms with van der Waals surface area (Å²) in [5.41, 5.74) is 10.6. The van der Waals surface area contributed by atoms with E-state index in [2.05, 4.69) is 19.8 Å². The average Bonchev–Trinajstić information content (AvgIpc) is 3.11. The van der Waals surface area contributed by atoms with Crippen LogP contribution in [0, 0.1) is 0 Å². The Morgan fingerprint density at radius 3 is 2.86 bits per heavy atom. The molecular weight excluding hydrogens is 422 g/mol. The summed E-state index contributed by atoms with van der Waals surface area (Å²) >= 11 is 2.25. The van der Waals surface area contributed by atoms with Crippen molar-refractivity contribution in [3.63, 3.8) is 0 Å². The number of thioether (sulfide) groups is 1. The number of nitrogens with one attached hydrogen (secondary N) is 1. The van der Waals surface area contributed by atoms with Crippen molar-refractivity contribution in [2.75, 3.05) is 18.9 Å². The summed E-state index contributed by atoms with van der Waals surface area (Å²) in [4.78, 5) is 46.8. The normalized spacial score (nSPS) is 23.7. The van der Waals surface area contributed by atoms with Gasteiger partial charge in [0.25, 0.3) is 11.8 Å². The van der Waals surface area contributed by atoms with Crippen LogP contribution >= 0.6 is 23.3 Å². The van der Waals surface area contributed by atoms with Gasteiger partial charge in [-0.3, -0.25) is 14.5 Å². The fourth-order valence-corrected chi connectivity index (χ4v) is 4.47. The number of nitrogens with zero attached hydrogens (tertiary/aromatic N) is 4.